The molecule has 0 aliphatic rings. The number of hydrogen-bond donors (Lipinski definition) is 0. The monoisotopic (exact) mass is 490 g/mol. The highest BCUT2D eigenvalue weighted by Gasteiger charge is 2.20. The number of carbonyl (C=O) groups excluding carboxylic acids is 2. The van der Waals surface area contributed by atoms with E-state index < -0.39 is 11.6 Å². The van der Waals surface area contributed by atoms with Crippen LogP contribution in [-0.4, -0.2) is 11.6 Å². The number of rotatable bonds is 21. The van der Waals surface area contributed by atoms with Crippen LogP contribution >= 0.6 is 0 Å². The lowest BCUT2D eigenvalue weighted by Gasteiger charge is -2.08. The summed E-state index contributed by atoms with van der Waals surface area (Å²) in [5, 5.41) is 0. The summed E-state index contributed by atoms with van der Waals surface area (Å²) in [6.07, 6.45) is 22.6. The quantitative estimate of drug-likeness (QED) is 0.0990. The van der Waals surface area contributed by atoms with E-state index >= 15 is 0 Å². The van der Waals surface area contributed by atoms with Crippen LogP contribution in [0, 0.1) is 5.92 Å². The number of ketones is 2. The zero-order valence-electron chi connectivity index (χ0n) is 23.1. The van der Waals surface area contributed by atoms with Gasteiger partial charge in [0.15, 0.2) is 0 Å². The Morgan fingerprint density at radius 1 is 0.528 bits per heavy atom. The normalized spacial score (nSPS) is 11.2. The highest BCUT2D eigenvalue weighted by Crippen LogP contribution is 2.18. The van der Waals surface area contributed by atoms with Gasteiger partial charge in [-0.3, -0.25) is 9.59 Å². The van der Waals surface area contributed by atoms with Crippen molar-refractivity contribution in [3.63, 3.8) is 0 Å². The molecule has 2 aromatic carbocycles. The second-order valence-electron chi connectivity index (χ2n) is 10.9. The van der Waals surface area contributed by atoms with E-state index in [-0.39, 0.29) is 0 Å². The molecule has 0 saturated carbocycles. The summed E-state index contributed by atoms with van der Waals surface area (Å²) in [5.74, 6) is 0.0569. The molecular weight excluding hydrogens is 440 g/mol. The molecule has 0 fully saturated rings. The number of unbranched alkanes of at least 4 members (excludes halogenated alkanes) is 14. The van der Waals surface area contributed by atoms with E-state index in [2.05, 4.69) is 13.8 Å². The molecule has 0 heterocycles. The minimum absolute atomic E-state index is 0.390. The van der Waals surface area contributed by atoms with Crippen LogP contribution in [0.25, 0.3) is 0 Å². The van der Waals surface area contributed by atoms with Crippen molar-refractivity contribution < 1.29 is 9.59 Å². The van der Waals surface area contributed by atoms with E-state index in [4.69, 9.17) is 0 Å². The number of benzene rings is 2. The summed E-state index contributed by atoms with van der Waals surface area (Å²) in [6, 6.07) is 16.5. The predicted molar refractivity (Wildman–Crippen MR) is 154 cm³/mol. The Bertz CT molecular complexity index is 852. The second kappa shape index (κ2) is 19.0. The van der Waals surface area contributed by atoms with E-state index in [0.717, 1.165) is 24.3 Å². The Morgan fingerprint density at radius 2 is 0.972 bits per heavy atom. The lowest BCUT2D eigenvalue weighted by atomic mass is 9.94. The molecule has 36 heavy (non-hydrogen) atoms. The maximum Gasteiger partial charge on any atom is 0.233 e. The van der Waals surface area contributed by atoms with Crippen molar-refractivity contribution in [3.05, 3.63) is 71.3 Å². The summed E-state index contributed by atoms with van der Waals surface area (Å²) in [6.45, 7) is 4.65. The first kappa shape index (κ1) is 30.0. The van der Waals surface area contributed by atoms with E-state index in [1.165, 1.54) is 96.3 Å². The molecule has 0 N–H and O–H groups in total. The van der Waals surface area contributed by atoms with Crippen molar-refractivity contribution in [2.24, 2.45) is 5.92 Å². The molecule has 0 spiro atoms. The molecule has 2 aromatic rings. The van der Waals surface area contributed by atoms with Gasteiger partial charge in [-0.05, 0) is 24.3 Å². The third-order valence-corrected chi connectivity index (χ3v) is 7.23. The second-order valence-corrected chi connectivity index (χ2v) is 10.9. The van der Waals surface area contributed by atoms with Crippen LogP contribution in [0.1, 0.15) is 143 Å². The van der Waals surface area contributed by atoms with Crippen molar-refractivity contribution in [1.82, 2.24) is 0 Å². The smallest absolute Gasteiger partial charge is 0.233 e. The maximum absolute atomic E-state index is 12.8. The molecular formula is C34H50O2. The topological polar surface area (TPSA) is 34.1 Å². The molecule has 0 saturated heterocycles. The average molecular weight is 491 g/mol. The SMILES string of the molecule is CC(C)CCCCCCCCCCCCCCCCCc1ccccc1C(=O)C(=O)c1ccccc1. The summed E-state index contributed by atoms with van der Waals surface area (Å²) in [7, 11) is 0. The fourth-order valence-electron chi connectivity index (χ4n) is 4.97. The summed E-state index contributed by atoms with van der Waals surface area (Å²) in [5.41, 5.74) is 2.03. The first-order valence-corrected chi connectivity index (χ1v) is 14.8. The highest BCUT2D eigenvalue weighted by atomic mass is 16.2. The van der Waals surface area contributed by atoms with Gasteiger partial charge in [0.1, 0.15) is 0 Å². The van der Waals surface area contributed by atoms with Crippen LogP contribution in [0.5, 0.6) is 0 Å². The molecule has 0 unspecified atom stereocenters. The number of Topliss-reactive ketones (excluding diaryl/α,β-unsaturated/α-hetero) is 2. The van der Waals surface area contributed by atoms with E-state index in [1.54, 1.807) is 30.3 Å². The largest absolute Gasteiger partial charge is 0.285 e. The molecule has 0 aliphatic heterocycles. The molecule has 198 valence electrons. The lowest BCUT2D eigenvalue weighted by molar-refractivity contribution is 0.0816. The van der Waals surface area contributed by atoms with Gasteiger partial charge in [0, 0.05) is 11.1 Å². The molecule has 0 aromatic heterocycles. The van der Waals surface area contributed by atoms with Crippen molar-refractivity contribution >= 4 is 11.6 Å². The number of carbonyl (C=O) groups is 2. The molecule has 0 amide bonds. The fraction of sp³-hybridized carbons (Fsp3) is 0.588. The van der Waals surface area contributed by atoms with Gasteiger partial charge < -0.3 is 0 Å². The zero-order valence-corrected chi connectivity index (χ0v) is 23.1. The number of hydrogen-bond acceptors (Lipinski definition) is 2. The van der Waals surface area contributed by atoms with Gasteiger partial charge in [-0.1, -0.05) is 165 Å². The predicted octanol–water partition coefficient (Wildman–Crippen LogP) is 10.2. The van der Waals surface area contributed by atoms with Gasteiger partial charge in [-0.2, -0.15) is 0 Å². The standard InChI is InChI=1S/C34H50O2/c1-29(2)23-17-14-12-10-8-6-4-3-5-7-9-11-13-15-18-24-30-25-21-22-28-32(30)34(36)33(35)31-26-19-16-20-27-31/h16,19-22,25-29H,3-15,17-18,23-24H2,1-2H3. The van der Waals surface area contributed by atoms with E-state index in [9.17, 15) is 9.59 Å². The third kappa shape index (κ3) is 12.7. The first-order chi connectivity index (χ1) is 17.6. The molecule has 0 radical (unpaired) electrons. The van der Waals surface area contributed by atoms with Crippen LogP contribution in [0.4, 0.5) is 0 Å². The van der Waals surface area contributed by atoms with Gasteiger partial charge in [0.2, 0.25) is 11.6 Å². The van der Waals surface area contributed by atoms with Crippen LogP contribution in [0.15, 0.2) is 54.6 Å². The maximum atomic E-state index is 12.8. The van der Waals surface area contributed by atoms with Crippen molar-refractivity contribution in [2.45, 2.75) is 123 Å². The molecule has 2 heteroatoms. The Labute approximate surface area is 221 Å². The van der Waals surface area contributed by atoms with Gasteiger partial charge in [0.05, 0.1) is 0 Å². The zero-order chi connectivity index (χ0) is 25.8. The minimum Gasteiger partial charge on any atom is -0.285 e. The lowest BCUT2D eigenvalue weighted by Crippen LogP contribution is -2.16. The average Bonchev–Trinajstić information content (AvgIpc) is 2.90. The summed E-state index contributed by atoms with van der Waals surface area (Å²) in [4.78, 5) is 25.4. The van der Waals surface area contributed by atoms with Crippen molar-refractivity contribution in [3.8, 4) is 0 Å². The molecule has 2 rings (SSSR count). The highest BCUT2D eigenvalue weighted by molar-refractivity contribution is 6.49. The summed E-state index contributed by atoms with van der Waals surface area (Å²) < 4.78 is 0. The van der Waals surface area contributed by atoms with E-state index in [0.29, 0.717) is 11.1 Å². The molecule has 0 bridgehead atoms. The number of aryl methyl sites for hydroxylation is 1. The Morgan fingerprint density at radius 3 is 1.50 bits per heavy atom. The Hall–Kier alpha value is -2.22. The molecule has 0 atom stereocenters. The summed E-state index contributed by atoms with van der Waals surface area (Å²) >= 11 is 0. The van der Waals surface area contributed by atoms with Gasteiger partial charge in [-0.25, -0.2) is 0 Å². The van der Waals surface area contributed by atoms with E-state index in [1.807, 2.05) is 24.3 Å². The van der Waals surface area contributed by atoms with Crippen molar-refractivity contribution in [1.29, 1.82) is 0 Å². The minimum atomic E-state index is -0.417. The van der Waals surface area contributed by atoms with Crippen LogP contribution in [0.3, 0.4) is 0 Å². The molecule has 2 nitrogen and oxygen atoms in total. The fourth-order valence-corrected chi connectivity index (χ4v) is 4.97. The Kier molecular flexibility index (Phi) is 15.8. The van der Waals surface area contributed by atoms with Gasteiger partial charge >= 0.3 is 0 Å². The molecule has 0 aliphatic carbocycles. The van der Waals surface area contributed by atoms with Gasteiger partial charge in [-0.15, -0.1) is 0 Å². The van der Waals surface area contributed by atoms with Crippen molar-refractivity contribution in [2.75, 3.05) is 0 Å². The first-order valence-electron chi connectivity index (χ1n) is 14.8. The third-order valence-electron chi connectivity index (χ3n) is 7.23. The van der Waals surface area contributed by atoms with Crippen LogP contribution in [-0.2, 0) is 6.42 Å². The van der Waals surface area contributed by atoms with Crippen LogP contribution in [0.2, 0.25) is 0 Å². The van der Waals surface area contributed by atoms with Gasteiger partial charge in [0.25, 0.3) is 0 Å². The van der Waals surface area contributed by atoms with Crippen LogP contribution < -0.4 is 0 Å². The Balaban J connectivity index is 1.48.